The van der Waals surface area contributed by atoms with Crippen LogP contribution < -0.4 is 4.74 Å². The van der Waals surface area contributed by atoms with E-state index in [0.29, 0.717) is 23.3 Å². The Balaban J connectivity index is 1.56. The Bertz CT molecular complexity index is 774. The number of ether oxygens (including phenoxy) is 1. The first-order valence-electron chi connectivity index (χ1n) is 6.40. The third-order valence-electron chi connectivity index (χ3n) is 2.73. The molecule has 2 heterocycles. The number of nitro benzene ring substituents is 1. The summed E-state index contributed by atoms with van der Waals surface area (Å²) in [5.41, 5.74) is -0.0393. The monoisotopic (exact) mass is 317 g/mol. The first-order valence-corrected chi connectivity index (χ1v) is 7.39. The number of nitrogens with zero attached hydrogens (tertiary/aromatic N) is 5. The summed E-state index contributed by atoms with van der Waals surface area (Å²) in [6.45, 7) is 0.318. The van der Waals surface area contributed by atoms with Crippen molar-refractivity contribution in [3.63, 3.8) is 0 Å². The quantitative estimate of drug-likeness (QED) is 0.297. The van der Waals surface area contributed by atoms with E-state index in [2.05, 4.69) is 15.1 Å². The lowest BCUT2D eigenvalue weighted by Crippen LogP contribution is -2.02. The smallest absolute Gasteiger partial charge is 0.310 e. The Labute approximate surface area is 129 Å². The molecule has 3 rings (SSSR count). The maximum atomic E-state index is 10.9. The van der Waals surface area contributed by atoms with Crippen LogP contribution in [0.4, 0.5) is 5.69 Å². The first kappa shape index (κ1) is 14.3. The molecule has 9 heteroatoms. The van der Waals surface area contributed by atoms with E-state index in [1.807, 2.05) is 0 Å². The van der Waals surface area contributed by atoms with E-state index in [0.717, 1.165) is 0 Å². The zero-order valence-corrected chi connectivity index (χ0v) is 12.1. The number of fused-ring (bicyclic) bond motifs is 1. The normalized spacial score (nSPS) is 10.7. The van der Waals surface area contributed by atoms with Crippen molar-refractivity contribution in [2.75, 3.05) is 12.4 Å². The lowest BCUT2D eigenvalue weighted by atomic mass is 10.3. The van der Waals surface area contributed by atoms with Gasteiger partial charge in [0.1, 0.15) is 0 Å². The largest absolute Gasteiger partial charge is 0.486 e. The number of benzene rings is 1. The van der Waals surface area contributed by atoms with Gasteiger partial charge in [-0.15, -0.1) is 5.10 Å². The minimum Gasteiger partial charge on any atom is -0.486 e. The summed E-state index contributed by atoms with van der Waals surface area (Å²) in [5.74, 6) is 1.37. The molecule has 0 radical (unpaired) electrons. The van der Waals surface area contributed by atoms with E-state index in [9.17, 15) is 10.1 Å². The van der Waals surface area contributed by atoms with Crippen molar-refractivity contribution in [2.45, 2.75) is 5.16 Å². The number of rotatable bonds is 6. The summed E-state index contributed by atoms with van der Waals surface area (Å²) in [7, 11) is 0. The summed E-state index contributed by atoms with van der Waals surface area (Å²) >= 11 is 1.40. The van der Waals surface area contributed by atoms with Crippen LogP contribution in [0, 0.1) is 10.1 Å². The molecule has 1 aromatic carbocycles. The number of hydrogen-bond donors (Lipinski definition) is 0. The predicted octanol–water partition coefficient (Wildman–Crippen LogP) is 2.20. The van der Waals surface area contributed by atoms with Crippen LogP contribution in [-0.4, -0.2) is 36.9 Å². The Morgan fingerprint density at radius 3 is 3.00 bits per heavy atom. The zero-order chi connectivity index (χ0) is 15.4. The highest BCUT2D eigenvalue weighted by atomic mass is 32.2. The van der Waals surface area contributed by atoms with E-state index in [-0.39, 0.29) is 11.4 Å². The Kier molecular flexibility index (Phi) is 4.15. The van der Waals surface area contributed by atoms with Crippen LogP contribution in [0.5, 0.6) is 5.75 Å². The first-order chi connectivity index (χ1) is 10.7. The molecule has 0 aliphatic carbocycles. The van der Waals surface area contributed by atoms with Crippen molar-refractivity contribution >= 4 is 23.2 Å². The fraction of sp³-hybridized carbons (Fsp3) is 0.154. The molecule has 0 unspecified atom stereocenters. The minimum atomic E-state index is -0.461. The molecule has 0 saturated heterocycles. The second kappa shape index (κ2) is 6.39. The second-order valence-electron chi connectivity index (χ2n) is 4.18. The summed E-state index contributed by atoms with van der Waals surface area (Å²) in [5, 5.41) is 15.7. The van der Waals surface area contributed by atoms with Gasteiger partial charge in [-0.1, -0.05) is 23.9 Å². The number of hydrogen-bond acceptors (Lipinski definition) is 7. The highest BCUT2D eigenvalue weighted by Gasteiger charge is 2.13. The summed E-state index contributed by atoms with van der Waals surface area (Å²) in [6, 6.07) is 8.07. The van der Waals surface area contributed by atoms with Crippen LogP contribution in [0.3, 0.4) is 0 Å². The number of nitro groups is 1. The average Bonchev–Trinajstić information content (AvgIpc) is 2.94. The molecule has 0 fully saturated rings. The Morgan fingerprint density at radius 1 is 1.32 bits per heavy atom. The molecule has 0 amide bonds. The van der Waals surface area contributed by atoms with Gasteiger partial charge < -0.3 is 4.74 Å². The van der Waals surface area contributed by atoms with E-state index >= 15 is 0 Å². The highest BCUT2D eigenvalue weighted by molar-refractivity contribution is 7.99. The van der Waals surface area contributed by atoms with Gasteiger partial charge in [0.2, 0.25) is 5.16 Å². The van der Waals surface area contributed by atoms with Gasteiger partial charge in [0.05, 0.1) is 11.5 Å². The van der Waals surface area contributed by atoms with Gasteiger partial charge in [0.25, 0.3) is 5.78 Å². The van der Waals surface area contributed by atoms with Crippen molar-refractivity contribution in [3.8, 4) is 5.75 Å². The van der Waals surface area contributed by atoms with Crippen LogP contribution in [0.2, 0.25) is 0 Å². The van der Waals surface area contributed by atoms with Gasteiger partial charge in [-0.25, -0.2) is 9.50 Å². The van der Waals surface area contributed by atoms with Crippen LogP contribution in [-0.2, 0) is 0 Å². The molecule has 0 aliphatic heterocycles. The van der Waals surface area contributed by atoms with Crippen LogP contribution in [0.1, 0.15) is 0 Å². The van der Waals surface area contributed by atoms with Crippen molar-refractivity contribution in [1.29, 1.82) is 0 Å². The zero-order valence-electron chi connectivity index (χ0n) is 11.3. The van der Waals surface area contributed by atoms with Crippen molar-refractivity contribution in [1.82, 2.24) is 19.6 Å². The van der Waals surface area contributed by atoms with E-state index in [4.69, 9.17) is 4.74 Å². The molecule has 22 heavy (non-hydrogen) atoms. The van der Waals surface area contributed by atoms with Crippen molar-refractivity contribution < 1.29 is 9.66 Å². The molecular formula is C13H11N5O3S. The summed E-state index contributed by atoms with van der Waals surface area (Å²) < 4.78 is 7.04. The number of thioether (sulfide) groups is 1. The fourth-order valence-electron chi connectivity index (χ4n) is 1.79. The van der Waals surface area contributed by atoms with Gasteiger partial charge >= 0.3 is 5.69 Å². The Hall–Kier alpha value is -2.68. The molecule has 0 aliphatic rings. The molecule has 0 N–H and O–H groups in total. The van der Waals surface area contributed by atoms with Crippen LogP contribution >= 0.6 is 11.8 Å². The van der Waals surface area contributed by atoms with Crippen LogP contribution in [0.25, 0.3) is 5.78 Å². The lowest BCUT2D eigenvalue weighted by molar-refractivity contribution is -0.385. The summed E-state index contributed by atoms with van der Waals surface area (Å²) in [6.07, 6.45) is 3.42. The molecule has 0 atom stereocenters. The molecule has 0 saturated carbocycles. The van der Waals surface area contributed by atoms with Gasteiger partial charge in [0, 0.05) is 24.2 Å². The third-order valence-corrected chi connectivity index (χ3v) is 3.53. The van der Waals surface area contributed by atoms with E-state index in [1.54, 1.807) is 41.2 Å². The van der Waals surface area contributed by atoms with E-state index in [1.165, 1.54) is 17.8 Å². The second-order valence-corrected chi connectivity index (χ2v) is 5.24. The van der Waals surface area contributed by atoms with Crippen molar-refractivity contribution in [2.24, 2.45) is 0 Å². The highest BCUT2D eigenvalue weighted by Crippen LogP contribution is 2.26. The van der Waals surface area contributed by atoms with Gasteiger partial charge in [-0.05, 0) is 12.1 Å². The molecule has 3 aromatic rings. The third kappa shape index (κ3) is 3.14. The standard InChI is InChI=1S/C13H11N5O3S/c19-18(20)10-4-1-2-5-11(10)21-8-9-22-13-15-12-14-6-3-7-17(12)16-13/h1-7H,8-9H2. The SMILES string of the molecule is O=[N+]([O-])c1ccccc1OCCSc1nc2ncccn2n1. The molecule has 0 spiro atoms. The molecule has 0 bridgehead atoms. The maximum absolute atomic E-state index is 10.9. The average molecular weight is 317 g/mol. The predicted molar refractivity (Wildman–Crippen MR) is 80.1 cm³/mol. The molecule has 8 nitrogen and oxygen atoms in total. The fourth-order valence-corrected chi connectivity index (χ4v) is 2.43. The Morgan fingerprint density at radius 2 is 2.18 bits per heavy atom. The molecule has 2 aromatic heterocycles. The summed E-state index contributed by atoms with van der Waals surface area (Å²) in [4.78, 5) is 18.7. The van der Waals surface area contributed by atoms with Gasteiger partial charge in [0.15, 0.2) is 5.75 Å². The molecular weight excluding hydrogens is 306 g/mol. The van der Waals surface area contributed by atoms with E-state index < -0.39 is 4.92 Å². The number of aromatic nitrogens is 4. The van der Waals surface area contributed by atoms with Gasteiger partial charge in [-0.2, -0.15) is 4.98 Å². The van der Waals surface area contributed by atoms with Crippen molar-refractivity contribution in [3.05, 3.63) is 52.8 Å². The minimum absolute atomic E-state index is 0.0393. The van der Waals surface area contributed by atoms with Gasteiger partial charge in [-0.3, -0.25) is 10.1 Å². The number of para-hydroxylation sites is 2. The van der Waals surface area contributed by atoms with Crippen LogP contribution in [0.15, 0.2) is 47.9 Å². The maximum Gasteiger partial charge on any atom is 0.310 e. The molecule has 112 valence electrons. The topological polar surface area (TPSA) is 95.5 Å². The lowest BCUT2D eigenvalue weighted by Gasteiger charge is -2.05.